The van der Waals surface area contributed by atoms with Gasteiger partial charge in [-0.3, -0.25) is 0 Å². The molecule has 0 radical (unpaired) electrons. The fourth-order valence-corrected chi connectivity index (χ4v) is 2.41. The number of guanidine groups is 1. The molecule has 0 aliphatic heterocycles. The maximum absolute atomic E-state index is 5.13. The minimum Gasteiger partial charge on any atom is -0.481 e. The molecule has 1 aliphatic carbocycles. The summed E-state index contributed by atoms with van der Waals surface area (Å²) in [5, 5.41) is 6.81. The van der Waals surface area contributed by atoms with Crippen LogP contribution in [-0.2, 0) is 6.54 Å². The van der Waals surface area contributed by atoms with Gasteiger partial charge in [-0.25, -0.2) is 9.98 Å². The van der Waals surface area contributed by atoms with Crippen LogP contribution in [0.2, 0.25) is 0 Å². The van der Waals surface area contributed by atoms with E-state index >= 15 is 0 Å². The van der Waals surface area contributed by atoms with Crippen LogP contribution >= 0.6 is 24.0 Å². The lowest BCUT2D eigenvalue weighted by Crippen LogP contribution is -2.42. The SMILES string of the molecule is CCNC(=NCc1ccnc(OC)c1)NC1CCCC1.I. The fourth-order valence-electron chi connectivity index (χ4n) is 2.41. The molecule has 0 amide bonds. The van der Waals surface area contributed by atoms with Gasteiger partial charge in [0.25, 0.3) is 0 Å². The molecule has 0 saturated heterocycles. The zero-order chi connectivity index (χ0) is 14.2. The summed E-state index contributed by atoms with van der Waals surface area (Å²) in [4.78, 5) is 8.74. The molecular weight excluding hydrogens is 379 g/mol. The molecule has 1 heterocycles. The maximum atomic E-state index is 5.13. The first-order chi connectivity index (χ1) is 9.81. The van der Waals surface area contributed by atoms with Gasteiger partial charge < -0.3 is 15.4 Å². The standard InChI is InChI=1S/C15H24N4O.HI/c1-3-16-15(19-13-6-4-5-7-13)18-11-12-8-9-17-14(10-12)20-2;/h8-10,13H,3-7,11H2,1-2H3,(H2,16,18,19);1H. The Kier molecular flexibility index (Phi) is 8.41. The lowest BCUT2D eigenvalue weighted by Gasteiger charge is -2.16. The van der Waals surface area contributed by atoms with Gasteiger partial charge >= 0.3 is 0 Å². The van der Waals surface area contributed by atoms with Gasteiger partial charge in [0.2, 0.25) is 5.88 Å². The van der Waals surface area contributed by atoms with Crippen LogP contribution in [-0.4, -0.2) is 30.6 Å². The zero-order valence-corrected chi connectivity index (χ0v) is 15.1. The highest BCUT2D eigenvalue weighted by Gasteiger charge is 2.15. The molecule has 0 aromatic carbocycles. The highest BCUT2D eigenvalue weighted by Crippen LogP contribution is 2.17. The molecule has 0 spiro atoms. The van der Waals surface area contributed by atoms with Gasteiger partial charge in [-0.05, 0) is 31.4 Å². The summed E-state index contributed by atoms with van der Waals surface area (Å²) in [6, 6.07) is 4.45. The molecule has 21 heavy (non-hydrogen) atoms. The first kappa shape index (κ1) is 18.0. The second kappa shape index (κ2) is 9.81. The Morgan fingerprint density at radius 2 is 2.19 bits per heavy atom. The number of aliphatic imine (C=N–C) groups is 1. The molecule has 1 fully saturated rings. The number of hydrogen-bond acceptors (Lipinski definition) is 3. The maximum Gasteiger partial charge on any atom is 0.213 e. The van der Waals surface area contributed by atoms with Gasteiger partial charge in [0.1, 0.15) is 0 Å². The van der Waals surface area contributed by atoms with Crippen molar-refractivity contribution < 1.29 is 4.74 Å². The van der Waals surface area contributed by atoms with E-state index in [9.17, 15) is 0 Å². The first-order valence-electron chi connectivity index (χ1n) is 7.35. The summed E-state index contributed by atoms with van der Waals surface area (Å²) in [5.41, 5.74) is 1.10. The smallest absolute Gasteiger partial charge is 0.213 e. The number of methoxy groups -OCH3 is 1. The second-order valence-corrected chi connectivity index (χ2v) is 5.03. The molecular formula is C15H25IN4O. The van der Waals surface area contributed by atoms with Crippen molar-refractivity contribution in [2.24, 2.45) is 4.99 Å². The lowest BCUT2D eigenvalue weighted by atomic mass is 10.2. The third kappa shape index (κ3) is 6.07. The van der Waals surface area contributed by atoms with Gasteiger partial charge in [-0.2, -0.15) is 0 Å². The van der Waals surface area contributed by atoms with Crippen LogP contribution in [0.25, 0.3) is 0 Å². The second-order valence-electron chi connectivity index (χ2n) is 5.03. The summed E-state index contributed by atoms with van der Waals surface area (Å²) < 4.78 is 5.13. The fraction of sp³-hybridized carbons (Fsp3) is 0.600. The third-order valence-corrected chi connectivity index (χ3v) is 3.47. The van der Waals surface area contributed by atoms with Crippen LogP contribution in [0.15, 0.2) is 23.3 Å². The molecule has 0 unspecified atom stereocenters. The highest BCUT2D eigenvalue weighted by molar-refractivity contribution is 14.0. The van der Waals surface area contributed by atoms with Crippen LogP contribution in [0.1, 0.15) is 38.2 Å². The number of nitrogens with one attached hydrogen (secondary N) is 2. The predicted molar refractivity (Wildman–Crippen MR) is 96.4 cm³/mol. The average Bonchev–Trinajstić information content (AvgIpc) is 2.98. The van der Waals surface area contributed by atoms with Crippen molar-refractivity contribution in [3.8, 4) is 5.88 Å². The van der Waals surface area contributed by atoms with E-state index in [2.05, 4.69) is 27.5 Å². The normalized spacial score (nSPS) is 15.4. The van der Waals surface area contributed by atoms with Gasteiger partial charge in [-0.1, -0.05) is 12.8 Å². The topological polar surface area (TPSA) is 58.5 Å². The van der Waals surface area contributed by atoms with E-state index in [1.54, 1.807) is 13.3 Å². The molecule has 1 saturated carbocycles. The average molecular weight is 404 g/mol. The van der Waals surface area contributed by atoms with Gasteiger partial charge in [-0.15, -0.1) is 24.0 Å². The number of hydrogen-bond donors (Lipinski definition) is 2. The molecule has 6 heteroatoms. The first-order valence-corrected chi connectivity index (χ1v) is 7.35. The quantitative estimate of drug-likeness (QED) is 0.450. The van der Waals surface area contributed by atoms with E-state index in [-0.39, 0.29) is 24.0 Å². The Morgan fingerprint density at radius 3 is 2.86 bits per heavy atom. The van der Waals surface area contributed by atoms with Crippen molar-refractivity contribution in [2.75, 3.05) is 13.7 Å². The van der Waals surface area contributed by atoms with E-state index in [0.29, 0.717) is 18.5 Å². The van der Waals surface area contributed by atoms with E-state index in [0.717, 1.165) is 18.1 Å². The molecule has 1 aromatic heterocycles. The van der Waals surface area contributed by atoms with Crippen LogP contribution in [0, 0.1) is 0 Å². The largest absolute Gasteiger partial charge is 0.481 e. The molecule has 1 aromatic rings. The summed E-state index contributed by atoms with van der Waals surface area (Å²) >= 11 is 0. The highest BCUT2D eigenvalue weighted by atomic mass is 127. The van der Waals surface area contributed by atoms with Crippen LogP contribution < -0.4 is 15.4 Å². The van der Waals surface area contributed by atoms with E-state index in [1.807, 2.05) is 12.1 Å². The molecule has 1 aliphatic rings. The summed E-state index contributed by atoms with van der Waals surface area (Å²) in [6.45, 7) is 3.58. The molecule has 0 atom stereocenters. The Morgan fingerprint density at radius 1 is 1.43 bits per heavy atom. The summed E-state index contributed by atoms with van der Waals surface area (Å²) in [5.74, 6) is 1.53. The van der Waals surface area contributed by atoms with Crippen LogP contribution in [0.3, 0.4) is 0 Å². The van der Waals surface area contributed by atoms with Crippen LogP contribution in [0.5, 0.6) is 5.88 Å². The Labute approximate surface area is 144 Å². The molecule has 118 valence electrons. The molecule has 5 nitrogen and oxygen atoms in total. The number of aromatic nitrogens is 1. The van der Waals surface area contributed by atoms with Crippen molar-refractivity contribution in [3.05, 3.63) is 23.9 Å². The minimum atomic E-state index is 0. The molecule has 0 bridgehead atoms. The molecule has 2 N–H and O–H groups in total. The Hall–Kier alpha value is -1.05. The van der Waals surface area contributed by atoms with Crippen molar-refractivity contribution in [1.82, 2.24) is 15.6 Å². The van der Waals surface area contributed by atoms with Crippen molar-refractivity contribution in [3.63, 3.8) is 0 Å². The monoisotopic (exact) mass is 404 g/mol. The number of nitrogens with zero attached hydrogens (tertiary/aromatic N) is 2. The number of pyridine rings is 1. The number of rotatable bonds is 5. The third-order valence-electron chi connectivity index (χ3n) is 3.47. The van der Waals surface area contributed by atoms with Gasteiger partial charge in [0.15, 0.2) is 5.96 Å². The molecule has 2 rings (SSSR count). The zero-order valence-electron chi connectivity index (χ0n) is 12.8. The summed E-state index contributed by atoms with van der Waals surface area (Å²) in [7, 11) is 1.63. The predicted octanol–water partition coefficient (Wildman–Crippen LogP) is 2.71. The van der Waals surface area contributed by atoms with E-state index < -0.39 is 0 Å². The van der Waals surface area contributed by atoms with E-state index in [1.165, 1.54) is 25.7 Å². The van der Waals surface area contributed by atoms with Crippen LogP contribution in [0.4, 0.5) is 0 Å². The Balaban J connectivity index is 0.00000220. The summed E-state index contributed by atoms with van der Waals surface area (Å²) in [6.07, 6.45) is 6.87. The van der Waals surface area contributed by atoms with Crippen molar-refractivity contribution in [2.45, 2.75) is 45.2 Å². The van der Waals surface area contributed by atoms with Gasteiger partial charge in [0.05, 0.1) is 13.7 Å². The lowest BCUT2D eigenvalue weighted by molar-refractivity contribution is 0.397. The van der Waals surface area contributed by atoms with E-state index in [4.69, 9.17) is 4.74 Å². The number of ether oxygens (including phenoxy) is 1. The van der Waals surface area contributed by atoms with Gasteiger partial charge in [0, 0.05) is 24.8 Å². The number of halogens is 1. The Bertz CT molecular complexity index is 447. The van der Waals surface area contributed by atoms with Crippen molar-refractivity contribution >= 4 is 29.9 Å². The van der Waals surface area contributed by atoms with Crippen molar-refractivity contribution in [1.29, 1.82) is 0 Å². The minimum absolute atomic E-state index is 0.